The van der Waals surface area contributed by atoms with E-state index in [9.17, 15) is 19.5 Å². The zero-order valence-corrected chi connectivity index (χ0v) is 8.42. The fourth-order valence-electron chi connectivity index (χ4n) is 1.48. The average Bonchev–Trinajstić information content (AvgIpc) is 2.14. The van der Waals surface area contributed by atoms with Gasteiger partial charge in [-0.05, 0) is 0 Å². The van der Waals surface area contributed by atoms with Crippen molar-refractivity contribution in [3.05, 3.63) is 0 Å². The molecule has 2 atom stereocenters. The molecule has 90 valence electrons. The van der Waals surface area contributed by atoms with Crippen LogP contribution in [-0.2, 0) is 23.9 Å². The van der Waals surface area contributed by atoms with Gasteiger partial charge in [-0.2, -0.15) is 0 Å². The summed E-state index contributed by atoms with van der Waals surface area (Å²) in [5.41, 5.74) is 0. The molecule has 1 rings (SSSR count). The number of carboxylic acid groups (broad SMARTS) is 1. The first kappa shape index (κ1) is 12.6. The number of carbonyl (C=O) groups excluding carboxylic acids is 2. The fraction of sp³-hybridized carbons (Fsp3) is 0.667. The molecule has 0 bridgehead atoms. The highest BCUT2D eigenvalue weighted by Gasteiger charge is 2.46. The van der Waals surface area contributed by atoms with Gasteiger partial charge in [0.1, 0.15) is 11.7 Å². The summed E-state index contributed by atoms with van der Waals surface area (Å²) in [6.07, 6.45) is -0.483. The summed E-state index contributed by atoms with van der Waals surface area (Å²) >= 11 is 0. The van der Waals surface area contributed by atoms with Crippen molar-refractivity contribution in [2.45, 2.75) is 18.6 Å². The zero-order valence-electron chi connectivity index (χ0n) is 8.42. The number of hydrogen-bond acceptors (Lipinski definition) is 6. The number of rotatable bonds is 3. The summed E-state index contributed by atoms with van der Waals surface area (Å²) < 4.78 is 9.25. The van der Waals surface area contributed by atoms with E-state index in [0.717, 1.165) is 0 Å². The lowest BCUT2D eigenvalue weighted by molar-refractivity contribution is -0.234. The molecule has 16 heavy (non-hydrogen) atoms. The Hall–Kier alpha value is -1.47. The number of carboxylic acids is 1. The molecule has 1 saturated heterocycles. The van der Waals surface area contributed by atoms with Gasteiger partial charge in [0, 0.05) is 6.42 Å². The third-order valence-electron chi connectivity index (χ3n) is 2.35. The Morgan fingerprint density at radius 1 is 1.62 bits per heavy atom. The van der Waals surface area contributed by atoms with E-state index in [1.165, 1.54) is 0 Å². The minimum absolute atomic E-state index is 0.0524. The van der Waals surface area contributed by atoms with Crippen molar-refractivity contribution in [3.63, 3.8) is 0 Å². The third-order valence-corrected chi connectivity index (χ3v) is 2.35. The molecule has 1 heterocycles. The van der Waals surface area contributed by atoms with E-state index in [0.29, 0.717) is 0 Å². The first-order valence-electron chi connectivity index (χ1n) is 4.65. The van der Waals surface area contributed by atoms with Gasteiger partial charge in [-0.1, -0.05) is 0 Å². The molecule has 0 aromatic carbocycles. The maximum absolute atomic E-state index is 11.3. The molecular weight excluding hydrogens is 220 g/mol. The van der Waals surface area contributed by atoms with E-state index in [1.54, 1.807) is 0 Å². The number of ketones is 1. The van der Waals surface area contributed by atoms with Gasteiger partial charge in [0.15, 0.2) is 0 Å². The van der Waals surface area contributed by atoms with Crippen LogP contribution in [-0.4, -0.2) is 47.4 Å². The first-order chi connectivity index (χ1) is 7.49. The van der Waals surface area contributed by atoms with E-state index >= 15 is 0 Å². The minimum Gasteiger partial charge on any atom is -0.481 e. The van der Waals surface area contributed by atoms with Crippen molar-refractivity contribution in [2.24, 2.45) is 5.92 Å². The number of ether oxygens (including phenoxy) is 2. The largest absolute Gasteiger partial charge is 0.481 e. The van der Waals surface area contributed by atoms with E-state index in [1.807, 2.05) is 0 Å². The highest BCUT2D eigenvalue weighted by atomic mass is 16.6. The summed E-state index contributed by atoms with van der Waals surface area (Å²) in [5, 5.41) is 18.7. The van der Waals surface area contributed by atoms with Crippen LogP contribution < -0.4 is 0 Å². The molecule has 1 aliphatic heterocycles. The van der Waals surface area contributed by atoms with Gasteiger partial charge in [0.2, 0.25) is 5.79 Å². The lowest BCUT2D eigenvalue weighted by Gasteiger charge is -2.32. The Bertz CT molecular complexity index is 298. The highest BCUT2D eigenvalue weighted by Crippen LogP contribution is 2.26. The Balaban J connectivity index is 2.93. The number of aliphatic carboxylic acids is 1. The second-order valence-electron chi connectivity index (χ2n) is 3.49. The maximum atomic E-state index is 11.3. The summed E-state index contributed by atoms with van der Waals surface area (Å²) in [7, 11) is 0. The second kappa shape index (κ2) is 5.04. The van der Waals surface area contributed by atoms with Gasteiger partial charge in [0.05, 0.1) is 19.6 Å². The molecule has 0 radical (unpaired) electrons. The van der Waals surface area contributed by atoms with Crippen LogP contribution in [0.4, 0.5) is 0 Å². The van der Waals surface area contributed by atoms with E-state index < -0.39 is 29.9 Å². The van der Waals surface area contributed by atoms with Gasteiger partial charge in [-0.15, -0.1) is 0 Å². The van der Waals surface area contributed by atoms with Crippen LogP contribution >= 0.6 is 0 Å². The topological polar surface area (TPSA) is 110 Å². The number of aliphatic hydroxyl groups is 1. The Morgan fingerprint density at radius 3 is 2.88 bits per heavy atom. The molecule has 7 nitrogen and oxygen atoms in total. The SMILES string of the molecule is O=COC1(O)CC(=O)CCOCC1C(=O)O. The van der Waals surface area contributed by atoms with Crippen molar-refractivity contribution in [1.82, 2.24) is 0 Å². The molecule has 2 unspecified atom stereocenters. The number of hydrogen-bond donors (Lipinski definition) is 2. The fourth-order valence-corrected chi connectivity index (χ4v) is 1.48. The molecular formula is C9H12O7. The molecule has 0 aromatic heterocycles. The second-order valence-corrected chi connectivity index (χ2v) is 3.49. The maximum Gasteiger partial charge on any atom is 0.315 e. The Morgan fingerprint density at radius 2 is 2.31 bits per heavy atom. The monoisotopic (exact) mass is 232 g/mol. The number of Topliss-reactive ketones (excluding diaryl/α,β-unsaturated/α-hetero) is 1. The minimum atomic E-state index is -2.33. The predicted octanol–water partition coefficient (Wildman–Crippen LogP) is -1.07. The lowest BCUT2D eigenvalue weighted by atomic mass is 9.92. The van der Waals surface area contributed by atoms with Crippen LogP contribution in [0.1, 0.15) is 12.8 Å². The van der Waals surface area contributed by atoms with Crippen molar-refractivity contribution < 1.29 is 34.1 Å². The van der Waals surface area contributed by atoms with Crippen LogP contribution in [0.15, 0.2) is 0 Å². The average molecular weight is 232 g/mol. The zero-order chi connectivity index (χ0) is 12.2. The highest BCUT2D eigenvalue weighted by molar-refractivity contribution is 5.81. The standard InChI is InChI=1S/C9H12O7/c10-5-16-9(14)3-6(11)1-2-15-4-7(9)8(12)13/h5,7,14H,1-4H2,(H,12,13). The van der Waals surface area contributed by atoms with Crippen LogP contribution in [0.3, 0.4) is 0 Å². The van der Waals surface area contributed by atoms with Crippen LogP contribution in [0.2, 0.25) is 0 Å². The predicted molar refractivity (Wildman–Crippen MR) is 48.3 cm³/mol. The van der Waals surface area contributed by atoms with Crippen LogP contribution in [0.5, 0.6) is 0 Å². The van der Waals surface area contributed by atoms with Gasteiger partial charge >= 0.3 is 5.97 Å². The molecule has 7 heteroatoms. The summed E-state index contributed by atoms with van der Waals surface area (Å²) in [4.78, 5) is 32.4. The third kappa shape index (κ3) is 2.77. The van der Waals surface area contributed by atoms with Gasteiger partial charge in [-0.3, -0.25) is 14.4 Å². The van der Waals surface area contributed by atoms with Gasteiger partial charge < -0.3 is 19.7 Å². The smallest absolute Gasteiger partial charge is 0.315 e. The molecule has 0 aliphatic carbocycles. The number of carbonyl (C=O) groups is 3. The Labute approximate surface area is 91.0 Å². The van der Waals surface area contributed by atoms with E-state index in [2.05, 4.69) is 4.74 Å². The van der Waals surface area contributed by atoms with Crippen molar-refractivity contribution >= 4 is 18.2 Å². The summed E-state index contributed by atoms with van der Waals surface area (Å²) in [6, 6.07) is 0. The van der Waals surface area contributed by atoms with Gasteiger partial charge in [-0.25, -0.2) is 0 Å². The van der Waals surface area contributed by atoms with Crippen LogP contribution in [0, 0.1) is 5.92 Å². The van der Waals surface area contributed by atoms with Crippen molar-refractivity contribution in [2.75, 3.05) is 13.2 Å². The normalized spacial score (nSPS) is 31.3. The summed E-state index contributed by atoms with van der Waals surface area (Å²) in [6.45, 7) is -0.294. The van der Waals surface area contributed by atoms with Gasteiger partial charge in [0.25, 0.3) is 6.47 Å². The Kier molecular flexibility index (Phi) is 3.97. The van der Waals surface area contributed by atoms with E-state index in [4.69, 9.17) is 9.84 Å². The first-order valence-corrected chi connectivity index (χ1v) is 4.65. The molecule has 2 N–H and O–H groups in total. The molecule has 0 spiro atoms. The molecule has 1 aliphatic rings. The molecule has 0 saturated carbocycles. The quantitative estimate of drug-likeness (QED) is 0.470. The molecule has 1 fully saturated rings. The van der Waals surface area contributed by atoms with Crippen molar-refractivity contribution in [1.29, 1.82) is 0 Å². The van der Waals surface area contributed by atoms with Crippen LogP contribution in [0.25, 0.3) is 0 Å². The van der Waals surface area contributed by atoms with Crippen molar-refractivity contribution in [3.8, 4) is 0 Å². The molecule has 0 amide bonds. The molecule has 0 aromatic rings. The summed E-state index contributed by atoms with van der Waals surface area (Å²) in [5.74, 6) is -5.61. The van der Waals surface area contributed by atoms with E-state index in [-0.39, 0.29) is 26.1 Å². The lowest BCUT2D eigenvalue weighted by Crippen LogP contribution is -2.49.